The van der Waals surface area contributed by atoms with Crippen LogP contribution < -0.4 is 0 Å². The number of hydrogen-bond donors (Lipinski definition) is 0. The van der Waals surface area contributed by atoms with Crippen LogP contribution in [0.1, 0.15) is 38.8 Å². The molecule has 0 unspecified atom stereocenters. The van der Waals surface area contributed by atoms with E-state index in [1.165, 1.54) is 12.1 Å². The fraction of sp³-hybridized carbons (Fsp3) is 0.130. The van der Waals surface area contributed by atoms with E-state index in [0.29, 0.717) is 29.8 Å². The molecular weight excluding hydrogens is 341 g/mol. The second kappa shape index (κ2) is 6.80. The van der Waals surface area contributed by atoms with Crippen molar-refractivity contribution in [2.75, 3.05) is 6.54 Å². The standard InChI is InChI=1S/C23H18FNO2/c1-2-25(14-15-6-5-7-17(24)12-15)23(27)16-10-11-19-18-8-3-4-9-20(18)22(26)21(19)13-16/h3-13H,2,14H2,1H3. The van der Waals surface area contributed by atoms with E-state index in [4.69, 9.17) is 0 Å². The van der Waals surface area contributed by atoms with Gasteiger partial charge in [0.05, 0.1) is 0 Å². The number of amides is 1. The predicted molar refractivity (Wildman–Crippen MR) is 102 cm³/mol. The van der Waals surface area contributed by atoms with E-state index in [-0.39, 0.29) is 17.5 Å². The van der Waals surface area contributed by atoms with Crippen LogP contribution in [-0.4, -0.2) is 23.1 Å². The van der Waals surface area contributed by atoms with Gasteiger partial charge in [-0.05, 0) is 47.9 Å². The molecule has 0 saturated heterocycles. The molecule has 3 nitrogen and oxygen atoms in total. The van der Waals surface area contributed by atoms with Crippen LogP contribution in [0.2, 0.25) is 0 Å². The topological polar surface area (TPSA) is 37.4 Å². The first-order chi connectivity index (χ1) is 13.1. The first-order valence-electron chi connectivity index (χ1n) is 8.90. The van der Waals surface area contributed by atoms with E-state index in [0.717, 1.165) is 16.7 Å². The zero-order valence-corrected chi connectivity index (χ0v) is 14.9. The quantitative estimate of drug-likeness (QED) is 0.530. The molecule has 0 aromatic heterocycles. The van der Waals surface area contributed by atoms with Gasteiger partial charge < -0.3 is 4.90 Å². The summed E-state index contributed by atoms with van der Waals surface area (Å²) in [5, 5.41) is 0. The summed E-state index contributed by atoms with van der Waals surface area (Å²) in [4.78, 5) is 27.3. The lowest BCUT2D eigenvalue weighted by molar-refractivity contribution is 0.0752. The Balaban J connectivity index is 1.64. The lowest BCUT2D eigenvalue weighted by Crippen LogP contribution is -2.30. The molecule has 3 aromatic carbocycles. The van der Waals surface area contributed by atoms with Gasteiger partial charge in [0.1, 0.15) is 5.82 Å². The van der Waals surface area contributed by atoms with Crippen LogP contribution in [-0.2, 0) is 6.54 Å². The lowest BCUT2D eigenvalue weighted by atomic mass is 10.0. The maximum atomic E-state index is 13.4. The van der Waals surface area contributed by atoms with E-state index in [9.17, 15) is 14.0 Å². The summed E-state index contributed by atoms with van der Waals surface area (Å²) in [5.74, 6) is -0.548. The number of fused-ring (bicyclic) bond motifs is 3. The van der Waals surface area contributed by atoms with Crippen LogP contribution in [0, 0.1) is 5.82 Å². The summed E-state index contributed by atoms with van der Waals surface area (Å²) in [6, 6.07) is 19.0. The van der Waals surface area contributed by atoms with Crippen molar-refractivity contribution in [2.24, 2.45) is 0 Å². The SMILES string of the molecule is CCN(Cc1cccc(F)c1)C(=O)c1ccc2c(c1)C(=O)c1ccccc1-2. The Morgan fingerprint density at radius 3 is 2.37 bits per heavy atom. The van der Waals surface area contributed by atoms with Crippen LogP contribution >= 0.6 is 0 Å². The summed E-state index contributed by atoms with van der Waals surface area (Å²) in [6.45, 7) is 2.69. The van der Waals surface area contributed by atoms with E-state index in [1.54, 1.807) is 29.2 Å². The number of benzene rings is 3. The van der Waals surface area contributed by atoms with Crippen molar-refractivity contribution in [3.8, 4) is 11.1 Å². The van der Waals surface area contributed by atoms with Gasteiger partial charge in [-0.1, -0.05) is 42.5 Å². The van der Waals surface area contributed by atoms with Gasteiger partial charge in [-0.15, -0.1) is 0 Å². The molecule has 0 N–H and O–H groups in total. The monoisotopic (exact) mass is 359 g/mol. The first-order valence-corrected chi connectivity index (χ1v) is 8.90. The zero-order valence-electron chi connectivity index (χ0n) is 14.9. The largest absolute Gasteiger partial charge is 0.335 e. The number of ketones is 1. The second-order valence-electron chi connectivity index (χ2n) is 6.58. The maximum absolute atomic E-state index is 13.4. The predicted octanol–water partition coefficient (Wildman–Crippen LogP) is 4.70. The van der Waals surface area contributed by atoms with E-state index >= 15 is 0 Å². The van der Waals surface area contributed by atoms with Crippen molar-refractivity contribution in [3.63, 3.8) is 0 Å². The summed E-state index contributed by atoms with van der Waals surface area (Å²) in [6.07, 6.45) is 0. The van der Waals surface area contributed by atoms with E-state index in [2.05, 4.69) is 0 Å². The van der Waals surface area contributed by atoms with E-state index < -0.39 is 0 Å². The second-order valence-corrected chi connectivity index (χ2v) is 6.58. The molecule has 0 bridgehead atoms. The zero-order chi connectivity index (χ0) is 19.0. The first kappa shape index (κ1) is 17.2. The van der Waals surface area contributed by atoms with Gasteiger partial charge >= 0.3 is 0 Å². The molecule has 0 atom stereocenters. The van der Waals surface area contributed by atoms with Gasteiger partial charge in [0.15, 0.2) is 5.78 Å². The summed E-state index contributed by atoms with van der Waals surface area (Å²) in [5.41, 5.74) is 4.19. The normalized spacial score (nSPS) is 11.9. The molecule has 0 radical (unpaired) electrons. The minimum absolute atomic E-state index is 0.0524. The Morgan fingerprint density at radius 1 is 0.889 bits per heavy atom. The number of carbonyl (C=O) groups excluding carboxylic acids is 2. The molecule has 27 heavy (non-hydrogen) atoms. The third kappa shape index (κ3) is 3.04. The average Bonchev–Trinajstić information content (AvgIpc) is 2.98. The maximum Gasteiger partial charge on any atom is 0.254 e. The molecule has 3 aromatic rings. The van der Waals surface area contributed by atoms with Gasteiger partial charge in [-0.2, -0.15) is 0 Å². The molecule has 0 heterocycles. The smallest absolute Gasteiger partial charge is 0.254 e. The lowest BCUT2D eigenvalue weighted by Gasteiger charge is -2.21. The van der Waals surface area contributed by atoms with Crippen molar-refractivity contribution in [2.45, 2.75) is 13.5 Å². The molecule has 4 heteroatoms. The molecule has 1 amide bonds. The average molecular weight is 359 g/mol. The molecule has 134 valence electrons. The molecule has 0 fully saturated rings. The Labute approximate surface area is 157 Å². The van der Waals surface area contributed by atoms with Crippen molar-refractivity contribution in [1.29, 1.82) is 0 Å². The van der Waals surface area contributed by atoms with Gasteiger partial charge in [0.2, 0.25) is 0 Å². The fourth-order valence-corrected chi connectivity index (χ4v) is 3.53. The molecule has 0 aliphatic heterocycles. The third-order valence-corrected chi connectivity index (χ3v) is 4.90. The Hall–Kier alpha value is -3.27. The van der Waals surface area contributed by atoms with Crippen LogP contribution in [0.4, 0.5) is 4.39 Å². The van der Waals surface area contributed by atoms with Crippen LogP contribution in [0.15, 0.2) is 66.7 Å². The van der Waals surface area contributed by atoms with Crippen molar-refractivity contribution in [1.82, 2.24) is 4.90 Å². The van der Waals surface area contributed by atoms with Crippen molar-refractivity contribution in [3.05, 3.63) is 94.8 Å². The highest BCUT2D eigenvalue weighted by Gasteiger charge is 2.27. The number of hydrogen-bond acceptors (Lipinski definition) is 2. The number of rotatable bonds is 4. The highest BCUT2D eigenvalue weighted by Crippen LogP contribution is 2.36. The molecule has 4 rings (SSSR count). The molecular formula is C23H18FNO2. The van der Waals surface area contributed by atoms with E-state index in [1.807, 2.05) is 37.3 Å². The Kier molecular flexibility index (Phi) is 4.32. The molecule has 0 saturated carbocycles. The minimum atomic E-state index is -0.322. The van der Waals surface area contributed by atoms with Crippen LogP contribution in [0.25, 0.3) is 11.1 Å². The number of nitrogens with zero attached hydrogens (tertiary/aromatic N) is 1. The molecule has 0 spiro atoms. The van der Waals surface area contributed by atoms with Gasteiger partial charge in [0.25, 0.3) is 5.91 Å². The highest BCUT2D eigenvalue weighted by atomic mass is 19.1. The van der Waals surface area contributed by atoms with Crippen molar-refractivity contribution < 1.29 is 14.0 Å². The Bertz CT molecular complexity index is 1060. The Morgan fingerprint density at radius 2 is 1.63 bits per heavy atom. The van der Waals surface area contributed by atoms with Gasteiger partial charge in [0, 0.05) is 29.8 Å². The summed E-state index contributed by atoms with van der Waals surface area (Å²) < 4.78 is 13.4. The number of carbonyl (C=O) groups is 2. The summed E-state index contributed by atoms with van der Waals surface area (Å²) >= 11 is 0. The number of halogens is 1. The van der Waals surface area contributed by atoms with Crippen LogP contribution in [0.3, 0.4) is 0 Å². The molecule has 1 aliphatic carbocycles. The van der Waals surface area contributed by atoms with Crippen LogP contribution in [0.5, 0.6) is 0 Å². The van der Waals surface area contributed by atoms with Gasteiger partial charge in [-0.25, -0.2) is 4.39 Å². The summed E-state index contributed by atoms with van der Waals surface area (Å²) in [7, 11) is 0. The van der Waals surface area contributed by atoms with Gasteiger partial charge in [-0.3, -0.25) is 9.59 Å². The highest BCUT2D eigenvalue weighted by molar-refractivity contribution is 6.22. The fourth-order valence-electron chi connectivity index (χ4n) is 3.53. The molecule has 1 aliphatic rings. The van der Waals surface area contributed by atoms with Crippen molar-refractivity contribution >= 4 is 11.7 Å². The minimum Gasteiger partial charge on any atom is -0.335 e. The third-order valence-electron chi connectivity index (χ3n) is 4.90.